The van der Waals surface area contributed by atoms with Crippen molar-refractivity contribution in [3.05, 3.63) is 30.1 Å². The molecule has 2 atom stereocenters. The number of carboxylic acids is 1. The zero-order valence-electron chi connectivity index (χ0n) is 11.2. The minimum atomic E-state index is -3.81. The van der Waals surface area contributed by atoms with Crippen LogP contribution in [0.2, 0.25) is 0 Å². The lowest BCUT2D eigenvalue weighted by molar-refractivity contribution is -0.147. The molecule has 0 unspecified atom stereocenters. The van der Waals surface area contributed by atoms with Gasteiger partial charge in [-0.15, -0.1) is 0 Å². The number of amides is 1. The zero-order valence-corrected chi connectivity index (χ0v) is 12.0. The van der Waals surface area contributed by atoms with Crippen LogP contribution < -0.4 is 0 Å². The van der Waals surface area contributed by atoms with Crippen LogP contribution >= 0.6 is 0 Å². The summed E-state index contributed by atoms with van der Waals surface area (Å²) < 4.78 is 37.7. The molecule has 8 heteroatoms. The number of likely N-dealkylation sites (tertiary alicyclic amines) is 1. The smallest absolute Gasteiger partial charge is 0.326 e. The Hall–Kier alpha value is -1.96. The maximum absolute atomic E-state index is 12.9. The molecule has 0 radical (unpaired) electrons. The Labute approximate surface area is 121 Å². The summed E-state index contributed by atoms with van der Waals surface area (Å²) in [6, 6.07) is 3.18. The molecule has 1 aliphatic heterocycles. The van der Waals surface area contributed by atoms with Gasteiger partial charge in [-0.05, 0) is 30.7 Å². The molecule has 2 rings (SSSR count). The van der Waals surface area contributed by atoms with Gasteiger partial charge in [-0.2, -0.15) is 0 Å². The van der Waals surface area contributed by atoms with Crippen LogP contribution in [0.15, 0.2) is 29.2 Å². The summed E-state index contributed by atoms with van der Waals surface area (Å²) in [5.74, 6) is -2.28. The minimum Gasteiger partial charge on any atom is -0.480 e. The first-order chi connectivity index (χ1) is 9.73. The van der Waals surface area contributed by atoms with E-state index in [0.717, 1.165) is 29.2 Å². The molecule has 1 amide bonds. The van der Waals surface area contributed by atoms with E-state index < -0.39 is 38.8 Å². The summed E-state index contributed by atoms with van der Waals surface area (Å²) in [6.07, 6.45) is -0.172. The predicted molar refractivity (Wildman–Crippen MR) is 70.8 cm³/mol. The molecule has 1 fully saturated rings. The van der Waals surface area contributed by atoms with Crippen molar-refractivity contribution in [1.29, 1.82) is 0 Å². The largest absolute Gasteiger partial charge is 0.480 e. The highest BCUT2D eigenvalue weighted by atomic mass is 32.2. The zero-order chi connectivity index (χ0) is 15.8. The van der Waals surface area contributed by atoms with Crippen molar-refractivity contribution in [2.45, 2.75) is 29.5 Å². The van der Waals surface area contributed by atoms with Gasteiger partial charge in [0.25, 0.3) is 0 Å². The molecule has 1 saturated heterocycles. The highest BCUT2D eigenvalue weighted by Gasteiger charge is 2.44. The molecule has 6 nitrogen and oxygen atoms in total. The van der Waals surface area contributed by atoms with Crippen molar-refractivity contribution in [3.8, 4) is 0 Å². The maximum Gasteiger partial charge on any atom is 0.326 e. The standard InChI is InChI=1S/C13H14FNO5S/c1-8(16)15-7-11(6-12(15)13(17)18)21(19,20)10-4-2-9(14)3-5-10/h2-5,11-12H,6-7H2,1H3,(H,17,18)/t11-,12+/m1/s1. The molecule has 0 saturated carbocycles. The van der Waals surface area contributed by atoms with Crippen LogP contribution in [0.25, 0.3) is 0 Å². The number of hydrogen-bond acceptors (Lipinski definition) is 4. The van der Waals surface area contributed by atoms with Crippen LogP contribution in [0.5, 0.6) is 0 Å². The first kappa shape index (κ1) is 15.4. The Balaban J connectivity index is 2.32. The number of carbonyl (C=O) groups excluding carboxylic acids is 1. The predicted octanol–water partition coefficient (Wildman–Crippen LogP) is 0.673. The first-order valence-electron chi connectivity index (χ1n) is 6.23. The summed E-state index contributed by atoms with van der Waals surface area (Å²) in [4.78, 5) is 23.5. The number of carboxylic acid groups (broad SMARTS) is 1. The number of rotatable bonds is 3. The summed E-state index contributed by atoms with van der Waals surface area (Å²) in [7, 11) is -3.81. The van der Waals surface area contributed by atoms with Crippen LogP contribution in [0.1, 0.15) is 13.3 Å². The Kier molecular flexibility index (Phi) is 3.99. The Bertz CT molecular complexity index is 648. The van der Waals surface area contributed by atoms with E-state index in [-0.39, 0.29) is 17.9 Å². The first-order valence-corrected chi connectivity index (χ1v) is 7.77. The van der Waals surface area contributed by atoms with Crippen molar-refractivity contribution in [2.24, 2.45) is 0 Å². The quantitative estimate of drug-likeness (QED) is 0.828. The minimum absolute atomic E-state index is 0.0801. The van der Waals surface area contributed by atoms with Crippen LogP contribution in [0.3, 0.4) is 0 Å². The molecule has 114 valence electrons. The SMILES string of the molecule is CC(=O)N1C[C@H](S(=O)(=O)c2ccc(F)cc2)C[C@H]1C(=O)O. The Morgan fingerprint density at radius 1 is 1.29 bits per heavy atom. The molecule has 1 heterocycles. The second-order valence-corrected chi connectivity index (χ2v) is 7.11. The van der Waals surface area contributed by atoms with Crippen molar-refractivity contribution in [2.75, 3.05) is 6.54 Å². The van der Waals surface area contributed by atoms with E-state index in [9.17, 15) is 22.4 Å². The monoisotopic (exact) mass is 315 g/mol. The summed E-state index contributed by atoms with van der Waals surface area (Å²) in [5, 5.41) is 8.08. The molecular weight excluding hydrogens is 301 g/mol. The molecule has 1 N–H and O–H groups in total. The van der Waals surface area contributed by atoms with Crippen LogP contribution in [0.4, 0.5) is 4.39 Å². The molecule has 0 bridgehead atoms. The highest BCUT2D eigenvalue weighted by molar-refractivity contribution is 7.92. The van der Waals surface area contributed by atoms with Crippen LogP contribution in [-0.2, 0) is 19.4 Å². The number of nitrogens with zero attached hydrogens (tertiary/aromatic N) is 1. The second kappa shape index (κ2) is 5.44. The average molecular weight is 315 g/mol. The third kappa shape index (κ3) is 2.90. The summed E-state index contributed by atoms with van der Waals surface area (Å²) in [5.41, 5.74) is 0. The van der Waals surface area contributed by atoms with Gasteiger partial charge in [0.05, 0.1) is 10.1 Å². The molecular formula is C13H14FNO5S. The lowest BCUT2D eigenvalue weighted by Gasteiger charge is -2.18. The fourth-order valence-electron chi connectivity index (χ4n) is 2.42. The van der Waals surface area contributed by atoms with Gasteiger partial charge in [0, 0.05) is 13.5 Å². The fraction of sp³-hybridized carbons (Fsp3) is 0.385. The summed E-state index contributed by atoms with van der Waals surface area (Å²) >= 11 is 0. The molecule has 21 heavy (non-hydrogen) atoms. The Morgan fingerprint density at radius 2 is 1.86 bits per heavy atom. The van der Waals surface area contributed by atoms with Gasteiger partial charge in [0.1, 0.15) is 11.9 Å². The van der Waals surface area contributed by atoms with E-state index >= 15 is 0 Å². The van der Waals surface area contributed by atoms with Gasteiger partial charge in [0.2, 0.25) is 5.91 Å². The second-order valence-electron chi connectivity index (χ2n) is 4.88. The molecule has 0 aliphatic carbocycles. The van der Waals surface area contributed by atoms with Gasteiger partial charge in [-0.1, -0.05) is 0 Å². The lowest BCUT2D eigenvalue weighted by atomic mass is 10.2. The molecule has 0 aromatic heterocycles. The van der Waals surface area contributed by atoms with E-state index in [0.29, 0.717) is 0 Å². The number of benzene rings is 1. The van der Waals surface area contributed by atoms with Gasteiger partial charge in [0.15, 0.2) is 9.84 Å². The number of halogens is 1. The normalized spacial score (nSPS) is 22.3. The molecule has 0 spiro atoms. The van der Waals surface area contributed by atoms with Gasteiger partial charge < -0.3 is 10.0 Å². The van der Waals surface area contributed by atoms with Crippen molar-refractivity contribution in [1.82, 2.24) is 4.90 Å². The third-order valence-corrected chi connectivity index (χ3v) is 5.68. The van der Waals surface area contributed by atoms with E-state index in [1.165, 1.54) is 6.92 Å². The maximum atomic E-state index is 12.9. The van der Waals surface area contributed by atoms with E-state index in [2.05, 4.69) is 0 Å². The number of hydrogen-bond donors (Lipinski definition) is 1. The third-order valence-electron chi connectivity index (χ3n) is 3.53. The van der Waals surface area contributed by atoms with Gasteiger partial charge in [-0.25, -0.2) is 17.6 Å². The van der Waals surface area contributed by atoms with Crippen molar-refractivity contribution < 1.29 is 27.5 Å². The van der Waals surface area contributed by atoms with Crippen molar-refractivity contribution in [3.63, 3.8) is 0 Å². The van der Waals surface area contributed by atoms with Crippen LogP contribution in [0, 0.1) is 5.82 Å². The molecule has 1 aliphatic rings. The lowest BCUT2D eigenvalue weighted by Crippen LogP contribution is -2.39. The number of sulfone groups is 1. The van der Waals surface area contributed by atoms with Gasteiger partial charge in [-0.3, -0.25) is 4.79 Å². The number of aliphatic carboxylic acids is 1. The Morgan fingerprint density at radius 3 is 2.29 bits per heavy atom. The fourth-order valence-corrected chi connectivity index (χ4v) is 4.11. The molecule has 1 aromatic rings. The summed E-state index contributed by atoms with van der Waals surface area (Å²) in [6.45, 7) is 1.02. The average Bonchev–Trinajstić information content (AvgIpc) is 2.85. The van der Waals surface area contributed by atoms with Crippen LogP contribution in [-0.4, -0.2) is 48.1 Å². The van der Waals surface area contributed by atoms with E-state index in [1.54, 1.807) is 0 Å². The number of carbonyl (C=O) groups is 2. The van der Waals surface area contributed by atoms with Crippen molar-refractivity contribution >= 4 is 21.7 Å². The van der Waals surface area contributed by atoms with Gasteiger partial charge >= 0.3 is 5.97 Å². The highest BCUT2D eigenvalue weighted by Crippen LogP contribution is 2.28. The topological polar surface area (TPSA) is 91.8 Å². The van der Waals surface area contributed by atoms with E-state index in [4.69, 9.17) is 5.11 Å². The van der Waals surface area contributed by atoms with E-state index in [1.807, 2.05) is 0 Å². The molecule has 1 aromatic carbocycles.